The number of rotatable bonds is 7. The minimum Gasteiger partial charge on any atom is -0.442 e. The van der Waals surface area contributed by atoms with Crippen LogP contribution >= 0.6 is 0 Å². The summed E-state index contributed by atoms with van der Waals surface area (Å²) in [6.45, 7) is 5.75. The summed E-state index contributed by atoms with van der Waals surface area (Å²) in [4.78, 5) is 27.2. The Morgan fingerprint density at radius 2 is 2.29 bits per heavy atom. The van der Waals surface area contributed by atoms with Gasteiger partial charge < -0.3 is 20.1 Å². The zero-order valence-corrected chi connectivity index (χ0v) is 18.2. The van der Waals surface area contributed by atoms with Crippen molar-refractivity contribution in [3.8, 4) is 0 Å². The second-order valence-electron chi connectivity index (χ2n) is 8.59. The summed E-state index contributed by atoms with van der Waals surface area (Å²) in [6, 6.07) is 5.06. The lowest BCUT2D eigenvalue weighted by Crippen LogP contribution is -2.56. The van der Waals surface area contributed by atoms with Gasteiger partial charge in [-0.3, -0.25) is 14.6 Å². The molecular weight excluding hydrogens is 403 g/mol. The molecule has 1 aromatic rings. The van der Waals surface area contributed by atoms with Gasteiger partial charge in [0.25, 0.3) is 0 Å². The Morgan fingerprint density at radius 3 is 3.03 bits per heavy atom. The Balaban J connectivity index is 1.58. The van der Waals surface area contributed by atoms with E-state index in [1.54, 1.807) is 13.2 Å². The third-order valence-electron chi connectivity index (χ3n) is 6.75. The minimum absolute atomic E-state index is 0.186. The van der Waals surface area contributed by atoms with Gasteiger partial charge in [0.15, 0.2) is 0 Å². The van der Waals surface area contributed by atoms with Crippen LogP contribution in [0.5, 0.6) is 0 Å². The third kappa shape index (κ3) is 4.14. The Morgan fingerprint density at radius 1 is 1.45 bits per heavy atom. The van der Waals surface area contributed by atoms with E-state index in [4.69, 9.17) is 9.47 Å². The van der Waals surface area contributed by atoms with Crippen LogP contribution in [0, 0.1) is 11.7 Å². The minimum atomic E-state index is -0.527. The van der Waals surface area contributed by atoms with E-state index < -0.39 is 17.7 Å². The van der Waals surface area contributed by atoms with E-state index in [1.807, 2.05) is 6.07 Å². The average Bonchev–Trinajstić information content (AvgIpc) is 3.34. The molecule has 3 heterocycles. The number of piperidine rings is 1. The number of benzene rings is 1. The maximum atomic E-state index is 15.6. The molecule has 31 heavy (non-hydrogen) atoms. The molecule has 0 unspecified atom stereocenters. The molecule has 3 atom stereocenters. The molecular formula is C22H31FN4O4. The van der Waals surface area contributed by atoms with E-state index in [0.717, 1.165) is 32.5 Å². The fourth-order valence-corrected chi connectivity index (χ4v) is 5.31. The van der Waals surface area contributed by atoms with Crippen molar-refractivity contribution in [3.05, 3.63) is 29.6 Å². The van der Waals surface area contributed by atoms with Gasteiger partial charge in [0, 0.05) is 39.2 Å². The SMILES string of the molecule is COCCN1CCC[C@@H]2CNC[C@]21c1ccc(N2C[C@H](CNC(C)=O)OC2=O)cc1F. The molecule has 1 aromatic carbocycles. The van der Waals surface area contributed by atoms with E-state index in [2.05, 4.69) is 15.5 Å². The Labute approximate surface area is 182 Å². The largest absolute Gasteiger partial charge is 0.442 e. The van der Waals surface area contributed by atoms with Crippen LogP contribution in [0.4, 0.5) is 14.9 Å². The first-order valence-electron chi connectivity index (χ1n) is 10.9. The number of carbonyl (C=O) groups is 2. The monoisotopic (exact) mass is 434 g/mol. The zero-order valence-electron chi connectivity index (χ0n) is 18.2. The van der Waals surface area contributed by atoms with Gasteiger partial charge in [0.1, 0.15) is 11.9 Å². The zero-order chi connectivity index (χ0) is 22.0. The van der Waals surface area contributed by atoms with Gasteiger partial charge in [0.2, 0.25) is 5.91 Å². The van der Waals surface area contributed by atoms with Crippen LogP contribution < -0.4 is 15.5 Å². The second kappa shape index (κ2) is 9.10. The Hall–Kier alpha value is -2.23. The standard InChI is InChI=1S/C22H31FN4O4/c1-15(28)25-12-18-13-27(21(29)31-18)17-5-6-19(20(23)10-17)22-14-24-11-16(22)4-3-7-26(22)8-9-30-2/h5-6,10,16,18,24H,3-4,7-9,11-14H2,1-2H3,(H,25,28)/t16-,18+,22-/m1/s1. The number of likely N-dealkylation sites (tertiary alicyclic amines) is 1. The summed E-state index contributed by atoms with van der Waals surface area (Å²) in [6.07, 6.45) is 1.16. The van der Waals surface area contributed by atoms with Gasteiger partial charge in [-0.05, 0) is 37.4 Å². The van der Waals surface area contributed by atoms with Crippen LogP contribution in [0.3, 0.4) is 0 Å². The summed E-state index contributed by atoms with van der Waals surface area (Å²) in [7, 11) is 1.69. The molecule has 2 N–H and O–H groups in total. The first-order valence-corrected chi connectivity index (χ1v) is 10.9. The van der Waals surface area contributed by atoms with Crippen molar-refractivity contribution in [3.63, 3.8) is 0 Å². The highest BCUT2D eigenvalue weighted by molar-refractivity contribution is 5.89. The first-order chi connectivity index (χ1) is 15.0. The van der Waals surface area contributed by atoms with Gasteiger partial charge in [-0.25, -0.2) is 9.18 Å². The van der Waals surface area contributed by atoms with Crippen LogP contribution in [0.2, 0.25) is 0 Å². The lowest BCUT2D eigenvalue weighted by atomic mass is 9.74. The van der Waals surface area contributed by atoms with Crippen LogP contribution in [-0.4, -0.2) is 76.0 Å². The fourth-order valence-electron chi connectivity index (χ4n) is 5.31. The van der Waals surface area contributed by atoms with Gasteiger partial charge in [-0.1, -0.05) is 6.07 Å². The van der Waals surface area contributed by atoms with Gasteiger partial charge in [-0.2, -0.15) is 0 Å². The molecule has 8 nitrogen and oxygen atoms in total. The molecule has 2 amide bonds. The molecule has 3 fully saturated rings. The molecule has 3 aliphatic rings. The normalized spacial score (nSPS) is 28.5. The molecule has 0 radical (unpaired) electrons. The molecule has 3 aliphatic heterocycles. The number of hydrogen-bond acceptors (Lipinski definition) is 6. The molecule has 0 bridgehead atoms. The number of ether oxygens (including phenoxy) is 2. The highest BCUT2D eigenvalue weighted by atomic mass is 19.1. The topological polar surface area (TPSA) is 83.1 Å². The van der Waals surface area contributed by atoms with Crippen molar-refractivity contribution in [2.24, 2.45) is 5.92 Å². The van der Waals surface area contributed by atoms with Gasteiger partial charge in [-0.15, -0.1) is 0 Å². The van der Waals surface area contributed by atoms with Gasteiger partial charge in [0.05, 0.1) is 30.9 Å². The number of carbonyl (C=O) groups excluding carboxylic acids is 2. The fraction of sp³-hybridized carbons (Fsp3) is 0.636. The number of fused-ring (bicyclic) bond motifs is 1. The van der Waals surface area contributed by atoms with Crippen molar-refractivity contribution in [2.45, 2.75) is 31.4 Å². The van der Waals surface area contributed by atoms with E-state index in [-0.39, 0.29) is 24.8 Å². The van der Waals surface area contributed by atoms with Crippen molar-refractivity contribution < 1.29 is 23.5 Å². The van der Waals surface area contributed by atoms with Gasteiger partial charge >= 0.3 is 6.09 Å². The Bertz CT molecular complexity index is 838. The van der Waals surface area contributed by atoms with Crippen LogP contribution in [-0.2, 0) is 19.8 Å². The molecule has 0 saturated carbocycles. The van der Waals surface area contributed by atoms with E-state index >= 15 is 4.39 Å². The smallest absolute Gasteiger partial charge is 0.414 e. The number of halogens is 1. The summed E-state index contributed by atoms with van der Waals surface area (Å²) in [5, 5.41) is 6.12. The molecule has 0 aromatic heterocycles. The van der Waals surface area contributed by atoms with Crippen molar-refractivity contribution >= 4 is 17.7 Å². The summed E-state index contributed by atoms with van der Waals surface area (Å²) in [5.74, 6) is -0.166. The maximum Gasteiger partial charge on any atom is 0.414 e. The molecule has 4 rings (SSSR count). The highest BCUT2D eigenvalue weighted by Gasteiger charge is 2.51. The molecule has 9 heteroatoms. The van der Waals surface area contributed by atoms with E-state index in [1.165, 1.54) is 17.9 Å². The van der Waals surface area contributed by atoms with Crippen molar-refractivity contribution in [1.82, 2.24) is 15.5 Å². The number of hydrogen-bond donors (Lipinski definition) is 2. The second-order valence-corrected chi connectivity index (χ2v) is 8.59. The highest BCUT2D eigenvalue weighted by Crippen LogP contribution is 2.45. The number of cyclic esters (lactones) is 1. The van der Waals surface area contributed by atoms with Crippen LogP contribution in [0.25, 0.3) is 0 Å². The quantitative estimate of drug-likeness (QED) is 0.676. The third-order valence-corrected chi connectivity index (χ3v) is 6.75. The molecule has 3 saturated heterocycles. The summed E-state index contributed by atoms with van der Waals surface area (Å²) >= 11 is 0. The number of amides is 2. The number of anilines is 1. The summed E-state index contributed by atoms with van der Waals surface area (Å²) < 4.78 is 26.2. The van der Waals surface area contributed by atoms with Crippen LogP contribution in [0.15, 0.2) is 18.2 Å². The molecule has 0 aliphatic carbocycles. The number of nitrogens with one attached hydrogen (secondary N) is 2. The predicted octanol–water partition coefficient (Wildman–Crippen LogP) is 1.44. The van der Waals surface area contributed by atoms with Crippen LogP contribution in [0.1, 0.15) is 25.3 Å². The Kier molecular flexibility index (Phi) is 6.45. The lowest BCUT2D eigenvalue weighted by Gasteiger charge is -2.49. The number of nitrogens with zero attached hydrogens (tertiary/aromatic N) is 2. The van der Waals surface area contributed by atoms with Crippen molar-refractivity contribution in [2.75, 3.05) is 57.9 Å². The van der Waals surface area contributed by atoms with E-state index in [9.17, 15) is 9.59 Å². The maximum absolute atomic E-state index is 15.6. The first kappa shape index (κ1) is 22.0. The number of methoxy groups -OCH3 is 1. The van der Waals surface area contributed by atoms with Crippen molar-refractivity contribution in [1.29, 1.82) is 0 Å². The van der Waals surface area contributed by atoms with E-state index in [0.29, 0.717) is 30.3 Å². The lowest BCUT2D eigenvalue weighted by molar-refractivity contribution is -0.119. The predicted molar refractivity (Wildman–Crippen MR) is 113 cm³/mol. The molecule has 0 spiro atoms. The molecule has 170 valence electrons. The average molecular weight is 435 g/mol. The summed E-state index contributed by atoms with van der Waals surface area (Å²) in [5.41, 5.74) is 0.734.